The molecule has 9 heteroatoms. The van der Waals surface area contributed by atoms with Crippen LogP contribution in [0.3, 0.4) is 0 Å². The second-order valence-corrected chi connectivity index (χ2v) is 7.37. The van der Waals surface area contributed by atoms with Crippen LogP contribution in [0.15, 0.2) is 32.9 Å². The second kappa shape index (κ2) is 6.93. The number of ether oxygens (including phenoxy) is 1. The average Bonchev–Trinajstić information content (AvgIpc) is 3.05. The summed E-state index contributed by atoms with van der Waals surface area (Å²) < 4.78 is 6.13. The Labute approximate surface area is 157 Å². The van der Waals surface area contributed by atoms with Crippen LogP contribution in [0.1, 0.15) is 17.5 Å². The van der Waals surface area contributed by atoms with E-state index in [1.165, 1.54) is 16.3 Å². The Hall–Kier alpha value is -2.26. The number of nitrogens with one attached hydrogen (secondary N) is 1. The SMILES string of the molecule is COc1c(Br)cccc1N/N=C1/C(=O)N(c2nc(C)c(C)s2)N=C1C. The van der Waals surface area contributed by atoms with Crippen LogP contribution in [0.2, 0.25) is 0 Å². The molecule has 1 amide bonds. The van der Waals surface area contributed by atoms with E-state index in [1.807, 2.05) is 32.0 Å². The molecular formula is C16H16BrN5O2S. The van der Waals surface area contributed by atoms with Gasteiger partial charge in [0.2, 0.25) is 5.13 Å². The van der Waals surface area contributed by atoms with Crippen LogP contribution in [-0.2, 0) is 4.79 Å². The molecule has 2 aromatic rings. The topological polar surface area (TPSA) is 79.2 Å². The van der Waals surface area contributed by atoms with Crippen LogP contribution in [0.5, 0.6) is 5.75 Å². The number of anilines is 2. The van der Waals surface area contributed by atoms with Gasteiger partial charge >= 0.3 is 5.91 Å². The average molecular weight is 422 g/mol. The van der Waals surface area contributed by atoms with E-state index in [4.69, 9.17) is 4.74 Å². The van der Waals surface area contributed by atoms with Crippen molar-refractivity contribution in [3.63, 3.8) is 0 Å². The van der Waals surface area contributed by atoms with E-state index in [2.05, 4.69) is 36.5 Å². The molecular weight excluding hydrogens is 406 g/mol. The Balaban J connectivity index is 1.87. The largest absolute Gasteiger partial charge is 0.493 e. The predicted molar refractivity (Wildman–Crippen MR) is 104 cm³/mol. The molecule has 1 aromatic carbocycles. The first-order chi connectivity index (χ1) is 11.9. The summed E-state index contributed by atoms with van der Waals surface area (Å²) in [4.78, 5) is 18.1. The van der Waals surface area contributed by atoms with Gasteiger partial charge in [-0.1, -0.05) is 17.4 Å². The molecule has 0 saturated carbocycles. The molecule has 0 aliphatic carbocycles. The number of methoxy groups -OCH3 is 1. The molecule has 0 fully saturated rings. The first-order valence-electron chi connectivity index (χ1n) is 7.42. The number of rotatable bonds is 4. The maximum Gasteiger partial charge on any atom is 0.303 e. The van der Waals surface area contributed by atoms with Crippen molar-refractivity contribution in [1.29, 1.82) is 0 Å². The number of amides is 1. The molecule has 1 aliphatic heterocycles. The minimum Gasteiger partial charge on any atom is -0.493 e. The third-order valence-corrected chi connectivity index (χ3v) is 5.32. The van der Waals surface area contributed by atoms with Crippen molar-refractivity contribution in [3.05, 3.63) is 33.2 Å². The summed E-state index contributed by atoms with van der Waals surface area (Å²) in [6.45, 7) is 5.61. The summed E-state index contributed by atoms with van der Waals surface area (Å²) in [7, 11) is 1.57. The third-order valence-electron chi connectivity index (χ3n) is 3.65. The first kappa shape index (κ1) is 17.6. The number of hydrazone groups is 2. The van der Waals surface area contributed by atoms with Crippen LogP contribution in [-0.4, -0.2) is 29.4 Å². The Bertz CT molecular complexity index is 886. The molecule has 0 spiro atoms. The smallest absolute Gasteiger partial charge is 0.303 e. The number of carbonyl (C=O) groups is 1. The molecule has 3 rings (SSSR count). The number of benzene rings is 1. The van der Waals surface area contributed by atoms with Gasteiger partial charge in [-0.25, -0.2) is 4.98 Å². The van der Waals surface area contributed by atoms with Crippen molar-refractivity contribution in [2.24, 2.45) is 10.2 Å². The Morgan fingerprint density at radius 3 is 2.72 bits per heavy atom. The number of nitrogens with zero attached hydrogens (tertiary/aromatic N) is 4. The van der Waals surface area contributed by atoms with Gasteiger partial charge < -0.3 is 4.74 Å². The highest BCUT2D eigenvalue weighted by Gasteiger charge is 2.33. The summed E-state index contributed by atoms with van der Waals surface area (Å²) in [6.07, 6.45) is 0. The van der Waals surface area contributed by atoms with Crippen molar-refractivity contribution in [2.45, 2.75) is 20.8 Å². The lowest BCUT2D eigenvalue weighted by molar-refractivity contribution is -0.112. The predicted octanol–water partition coefficient (Wildman–Crippen LogP) is 3.72. The number of aryl methyl sites for hydroxylation is 2. The molecule has 1 N–H and O–H groups in total. The number of carbonyl (C=O) groups excluding carboxylic acids is 1. The van der Waals surface area contributed by atoms with Crippen LogP contribution in [0.4, 0.5) is 10.8 Å². The van der Waals surface area contributed by atoms with Crippen LogP contribution in [0.25, 0.3) is 0 Å². The molecule has 1 aliphatic rings. The Kier molecular flexibility index (Phi) is 4.87. The summed E-state index contributed by atoms with van der Waals surface area (Å²) in [5.41, 5.74) is 5.19. The minimum atomic E-state index is -0.312. The zero-order valence-corrected chi connectivity index (χ0v) is 16.5. The van der Waals surface area contributed by atoms with Crippen LogP contribution < -0.4 is 15.2 Å². The fourth-order valence-electron chi connectivity index (χ4n) is 2.22. The molecule has 0 saturated heterocycles. The van der Waals surface area contributed by atoms with Gasteiger partial charge in [-0.05, 0) is 48.8 Å². The zero-order chi connectivity index (χ0) is 18.1. The van der Waals surface area contributed by atoms with E-state index in [1.54, 1.807) is 14.0 Å². The van der Waals surface area contributed by atoms with E-state index in [0.717, 1.165) is 15.0 Å². The molecule has 130 valence electrons. The van der Waals surface area contributed by atoms with Gasteiger partial charge in [0.05, 0.1) is 28.7 Å². The monoisotopic (exact) mass is 421 g/mol. The molecule has 0 atom stereocenters. The lowest BCUT2D eigenvalue weighted by Crippen LogP contribution is -2.27. The van der Waals surface area contributed by atoms with E-state index in [0.29, 0.717) is 22.3 Å². The van der Waals surface area contributed by atoms with Crippen molar-refractivity contribution in [1.82, 2.24) is 4.98 Å². The number of hydrogen-bond donors (Lipinski definition) is 1. The normalized spacial score (nSPS) is 15.7. The molecule has 2 heterocycles. The van der Waals surface area contributed by atoms with E-state index < -0.39 is 0 Å². The summed E-state index contributed by atoms with van der Waals surface area (Å²) in [5, 5.41) is 10.4. The van der Waals surface area contributed by atoms with Gasteiger partial charge in [-0.15, -0.1) is 0 Å². The summed E-state index contributed by atoms with van der Waals surface area (Å²) in [6, 6.07) is 5.52. The van der Waals surface area contributed by atoms with Crippen molar-refractivity contribution < 1.29 is 9.53 Å². The molecule has 0 radical (unpaired) electrons. The quantitative estimate of drug-likeness (QED) is 0.762. The molecule has 7 nitrogen and oxygen atoms in total. The second-order valence-electron chi connectivity index (χ2n) is 5.33. The molecule has 25 heavy (non-hydrogen) atoms. The Morgan fingerprint density at radius 1 is 1.32 bits per heavy atom. The maximum atomic E-state index is 12.6. The lowest BCUT2D eigenvalue weighted by Gasteiger charge is -2.10. The molecule has 0 bridgehead atoms. The standard InChI is InChI=1S/C16H16BrN5O2S/c1-8-10(3)25-16(18-8)22-15(23)13(9(2)21-22)20-19-12-7-5-6-11(17)14(12)24-4/h5-7,19H,1-4H3/b20-13+. The third kappa shape index (κ3) is 3.29. The molecule has 1 aromatic heterocycles. The molecule has 0 unspecified atom stereocenters. The first-order valence-corrected chi connectivity index (χ1v) is 9.03. The fourth-order valence-corrected chi connectivity index (χ4v) is 3.61. The highest BCUT2D eigenvalue weighted by Crippen LogP contribution is 2.33. The fraction of sp³-hybridized carbons (Fsp3) is 0.250. The highest BCUT2D eigenvalue weighted by molar-refractivity contribution is 9.10. The number of hydrogen-bond acceptors (Lipinski definition) is 7. The number of thiazole rings is 1. The van der Waals surface area contributed by atoms with E-state index >= 15 is 0 Å². The van der Waals surface area contributed by atoms with Gasteiger partial charge in [0.15, 0.2) is 11.5 Å². The van der Waals surface area contributed by atoms with Crippen LogP contribution in [0, 0.1) is 13.8 Å². The lowest BCUT2D eigenvalue weighted by atomic mass is 10.2. The van der Waals surface area contributed by atoms with Gasteiger partial charge in [0.1, 0.15) is 0 Å². The van der Waals surface area contributed by atoms with Gasteiger partial charge in [-0.3, -0.25) is 10.2 Å². The van der Waals surface area contributed by atoms with Gasteiger partial charge in [-0.2, -0.15) is 15.2 Å². The van der Waals surface area contributed by atoms with Crippen molar-refractivity contribution in [2.75, 3.05) is 17.5 Å². The zero-order valence-electron chi connectivity index (χ0n) is 14.1. The van der Waals surface area contributed by atoms with Gasteiger partial charge in [0, 0.05) is 4.88 Å². The maximum absolute atomic E-state index is 12.6. The van der Waals surface area contributed by atoms with E-state index in [9.17, 15) is 4.79 Å². The van der Waals surface area contributed by atoms with Crippen molar-refractivity contribution in [3.8, 4) is 5.75 Å². The number of halogens is 1. The van der Waals surface area contributed by atoms with Gasteiger partial charge in [0.25, 0.3) is 0 Å². The minimum absolute atomic E-state index is 0.243. The summed E-state index contributed by atoms with van der Waals surface area (Å²) in [5.74, 6) is 0.294. The summed E-state index contributed by atoms with van der Waals surface area (Å²) >= 11 is 4.84. The van der Waals surface area contributed by atoms with E-state index in [-0.39, 0.29) is 11.6 Å². The van der Waals surface area contributed by atoms with Crippen molar-refractivity contribution >= 4 is 55.4 Å². The highest BCUT2D eigenvalue weighted by atomic mass is 79.9. The van der Waals surface area contributed by atoms with Crippen LogP contribution >= 0.6 is 27.3 Å². The Morgan fingerprint density at radius 2 is 2.08 bits per heavy atom. The number of aromatic nitrogens is 1. The number of para-hydroxylation sites is 1.